The number of aryl methyl sites for hydroxylation is 2. The number of hydrogen-bond donors (Lipinski definition) is 2. The van der Waals surface area contributed by atoms with Crippen molar-refractivity contribution in [2.45, 2.75) is 33.0 Å². The van der Waals surface area contributed by atoms with Gasteiger partial charge in [0.15, 0.2) is 0 Å². The lowest BCUT2D eigenvalue weighted by Crippen LogP contribution is -2.16. The third kappa shape index (κ3) is 3.63. The summed E-state index contributed by atoms with van der Waals surface area (Å²) < 4.78 is 38.0. The van der Waals surface area contributed by atoms with E-state index in [1.165, 1.54) is 6.07 Å². The minimum Gasteiger partial charge on any atom is -0.384 e. The van der Waals surface area contributed by atoms with Gasteiger partial charge in [0.05, 0.1) is 6.04 Å². The fourth-order valence-electron chi connectivity index (χ4n) is 2.05. The lowest BCUT2D eigenvalue weighted by molar-refractivity contribution is -0.144. The van der Waals surface area contributed by atoms with Crippen molar-refractivity contribution in [2.75, 3.05) is 11.1 Å². The van der Waals surface area contributed by atoms with Crippen LogP contribution < -0.4 is 11.1 Å². The lowest BCUT2D eigenvalue weighted by Gasteiger charge is -2.16. The smallest absolute Gasteiger partial charge is 0.384 e. The number of aromatic nitrogens is 2. The number of nitrogens with one attached hydrogen (secondary N) is 1. The molecule has 4 nitrogen and oxygen atoms in total. The molecule has 0 fully saturated rings. The van der Waals surface area contributed by atoms with Crippen LogP contribution in [0.5, 0.6) is 0 Å². The Bertz CT molecular complexity index is 651. The molecule has 0 radical (unpaired) electrons. The lowest BCUT2D eigenvalue weighted by atomic mass is 10.1. The molecule has 21 heavy (non-hydrogen) atoms. The van der Waals surface area contributed by atoms with E-state index in [4.69, 9.17) is 5.73 Å². The molecule has 2 aromatic heterocycles. The van der Waals surface area contributed by atoms with Gasteiger partial charge in [0, 0.05) is 15.8 Å². The number of hydrogen-bond acceptors (Lipinski definition) is 5. The molecule has 0 bridgehead atoms. The van der Waals surface area contributed by atoms with Crippen LogP contribution in [0.25, 0.3) is 0 Å². The van der Waals surface area contributed by atoms with Gasteiger partial charge in [-0.25, -0.2) is 9.97 Å². The monoisotopic (exact) mass is 316 g/mol. The van der Waals surface area contributed by atoms with Crippen molar-refractivity contribution < 1.29 is 13.2 Å². The Morgan fingerprint density at radius 3 is 2.43 bits per heavy atom. The second-order valence-corrected chi connectivity index (χ2v) is 6.19. The SMILES string of the molecule is Cc1cc(C(C)Nc2cc(N)nc(C(F)(F)F)n2)c(C)s1. The molecule has 2 aromatic rings. The van der Waals surface area contributed by atoms with E-state index in [2.05, 4.69) is 15.3 Å². The maximum absolute atomic E-state index is 12.7. The largest absolute Gasteiger partial charge is 0.451 e. The van der Waals surface area contributed by atoms with Gasteiger partial charge >= 0.3 is 6.18 Å². The molecule has 0 spiro atoms. The number of nitrogens with two attached hydrogens (primary N) is 1. The van der Waals surface area contributed by atoms with Gasteiger partial charge in [-0.2, -0.15) is 13.2 Å². The van der Waals surface area contributed by atoms with Gasteiger partial charge in [0.1, 0.15) is 11.6 Å². The summed E-state index contributed by atoms with van der Waals surface area (Å²) in [4.78, 5) is 8.96. The summed E-state index contributed by atoms with van der Waals surface area (Å²) in [6.07, 6.45) is -4.62. The van der Waals surface area contributed by atoms with Gasteiger partial charge in [0.2, 0.25) is 5.82 Å². The van der Waals surface area contributed by atoms with Crippen molar-refractivity contribution in [1.82, 2.24) is 9.97 Å². The van der Waals surface area contributed by atoms with Crippen molar-refractivity contribution in [2.24, 2.45) is 0 Å². The third-order valence-corrected chi connectivity index (χ3v) is 3.89. The zero-order valence-electron chi connectivity index (χ0n) is 11.7. The van der Waals surface area contributed by atoms with Crippen LogP contribution in [0, 0.1) is 13.8 Å². The van der Waals surface area contributed by atoms with E-state index in [-0.39, 0.29) is 17.7 Å². The first-order chi connectivity index (χ1) is 9.66. The van der Waals surface area contributed by atoms with E-state index in [0.717, 1.165) is 15.3 Å². The molecule has 0 aliphatic heterocycles. The van der Waals surface area contributed by atoms with Crippen molar-refractivity contribution >= 4 is 23.0 Å². The van der Waals surface area contributed by atoms with Crippen LogP contribution in [0.4, 0.5) is 24.8 Å². The van der Waals surface area contributed by atoms with Crippen molar-refractivity contribution in [3.05, 3.63) is 33.3 Å². The highest BCUT2D eigenvalue weighted by Gasteiger charge is 2.35. The van der Waals surface area contributed by atoms with Gasteiger partial charge in [-0.15, -0.1) is 11.3 Å². The van der Waals surface area contributed by atoms with Crippen LogP contribution in [0.15, 0.2) is 12.1 Å². The van der Waals surface area contributed by atoms with Crippen molar-refractivity contribution in [1.29, 1.82) is 0 Å². The summed E-state index contributed by atoms with van der Waals surface area (Å²) in [6, 6.07) is 3.12. The fraction of sp³-hybridized carbons (Fsp3) is 0.385. The standard InChI is InChI=1S/C13H15F3N4S/c1-6-4-9(8(3)21-6)7(2)18-11-5-10(17)19-12(20-11)13(14,15)16/h4-5,7H,1-3H3,(H3,17,18,19,20). The molecule has 8 heteroatoms. The number of anilines is 2. The van der Waals surface area contributed by atoms with Crippen LogP contribution >= 0.6 is 11.3 Å². The summed E-state index contributed by atoms with van der Waals surface area (Å²) in [7, 11) is 0. The van der Waals surface area contributed by atoms with Crippen LogP contribution in [-0.4, -0.2) is 9.97 Å². The zero-order chi connectivity index (χ0) is 15.8. The van der Waals surface area contributed by atoms with Crippen molar-refractivity contribution in [3.8, 4) is 0 Å². The molecule has 0 aromatic carbocycles. The molecule has 3 N–H and O–H groups in total. The van der Waals surface area contributed by atoms with E-state index >= 15 is 0 Å². The highest BCUT2D eigenvalue weighted by molar-refractivity contribution is 7.12. The number of nitrogen functional groups attached to an aromatic ring is 1. The van der Waals surface area contributed by atoms with E-state index in [0.29, 0.717) is 0 Å². The first-order valence-electron chi connectivity index (χ1n) is 6.22. The Morgan fingerprint density at radius 1 is 1.24 bits per heavy atom. The molecule has 2 heterocycles. The highest BCUT2D eigenvalue weighted by Crippen LogP contribution is 2.30. The predicted molar refractivity (Wildman–Crippen MR) is 77.3 cm³/mol. The predicted octanol–water partition coefficient (Wildman–Crippen LogP) is 3.93. The summed E-state index contributed by atoms with van der Waals surface area (Å²) in [5.41, 5.74) is 6.45. The van der Waals surface area contributed by atoms with E-state index in [1.54, 1.807) is 11.3 Å². The van der Waals surface area contributed by atoms with Crippen LogP contribution in [0.3, 0.4) is 0 Å². The second kappa shape index (κ2) is 5.51. The van der Waals surface area contributed by atoms with Gasteiger partial charge in [-0.1, -0.05) is 0 Å². The minimum absolute atomic E-state index is 0.0607. The molecule has 114 valence electrons. The van der Waals surface area contributed by atoms with Gasteiger partial charge in [-0.3, -0.25) is 0 Å². The molecular weight excluding hydrogens is 301 g/mol. The Labute approximate surface area is 124 Å². The maximum atomic E-state index is 12.7. The Kier molecular flexibility index (Phi) is 4.08. The number of alkyl halides is 3. The molecule has 0 aliphatic carbocycles. The molecule has 1 atom stereocenters. The molecule has 0 aliphatic rings. The van der Waals surface area contributed by atoms with Crippen LogP contribution in [0.1, 0.15) is 34.1 Å². The molecular formula is C13H15F3N4S. The highest BCUT2D eigenvalue weighted by atomic mass is 32.1. The average Bonchev–Trinajstić information content (AvgIpc) is 2.66. The van der Waals surface area contributed by atoms with Crippen molar-refractivity contribution in [3.63, 3.8) is 0 Å². The van der Waals surface area contributed by atoms with Gasteiger partial charge < -0.3 is 11.1 Å². The number of rotatable bonds is 3. The quantitative estimate of drug-likeness (QED) is 0.900. The average molecular weight is 316 g/mol. The Morgan fingerprint density at radius 2 is 1.90 bits per heavy atom. The van der Waals surface area contributed by atoms with Crippen LogP contribution in [0.2, 0.25) is 0 Å². The summed E-state index contributed by atoms with van der Waals surface area (Å²) in [6.45, 7) is 5.82. The zero-order valence-corrected chi connectivity index (χ0v) is 12.6. The van der Waals surface area contributed by atoms with Gasteiger partial charge in [0.25, 0.3) is 0 Å². The van der Waals surface area contributed by atoms with E-state index in [9.17, 15) is 13.2 Å². The third-order valence-electron chi connectivity index (χ3n) is 2.91. The van der Waals surface area contributed by atoms with E-state index in [1.807, 2.05) is 26.8 Å². The summed E-state index contributed by atoms with van der Waals surface area (Å²) >= 11 is 1.64. The topological polar surface area (TPSA) is 63.8 Å². The summed E-state index contributed by atoms with van der Waals surface area (Å²) in [5, 5.41) is 2.94. The Hall–Kier alpha value is -1.83. The first-order valence-corrected chi connectivity index (χ1v) is 7.03. The second-order valence-electron chi connectivity index (χ2n) is 4.73. The number of nitrogens with zero attached hydrogens (tertiary/aromatic N) is 2. The molecule has 2 rings (SSSR count). The normalized spacial score (nSPS) is 13.2. The van der Waals surface area contributed by atoms with E-state index < -0.39 is 12.0 Å². The Balaban J connectivity index is 2.27. The maximum Gasteiger partial charge on any atom is 0.451 e. The number of thiophene rings is 1. The molecule has 0 amide bonds. The molecule has 0 saturated heterocycles. The summed E-state index contributed by atoms with van der Waals surface area (Å²) in [5.74, 6) is -1.40. The minimum atomic E-state index is -4.62. The first kappa shape index (κ1) is 15.6. The van der Waals surface area contributed by atoms with Gasteiger partial charge in [-0.05, 0) is 32.4 Å². The molecule has 0 saturated carbocycles. The molecule has 1 unspecified atom stereocenters. The van der Waals surface area contributed by atoms with Crippen LogP contribution in [-0.2, 0) is 6.18 Å². The fourth-order valence-corrected chi connectivity index (χ4v) is 3.07. The number of halogens is 3.